The molecule has 0 spiro atoms. The van der Waals surface area contributed by atoms with Gasteiger partial charge in [0.2, 0.25) is 0 Å². The van der Waals surface area contributed by atoms with Crippen LogP contribution in [0.25, 0.3) is 0 Å². The standard InChI is InChI=1S/C10H18/c1-3-4-5-6-7-10-8-9(10)2/h10H,2-8H2,1H3/t10-/m0/s1. The highest BCUT2D eigenvalue weighted by molar-refractivity contribution is 5.18. The van der Waals surface area contributed by atoms with Gasteiger partial charge in [-0.2, -0.15) is 0 Å². The van der Waals surface area contributed by atoms with Gasteiger partial charge in [0, 0.05) is 0 Å². The van der Waals surface area contributed by atoms with Gasteiger partial charge in [-0.25, -0.2) is 0 Å². The first-order valence-electron chi connectivity index (χ1n) is 4.52. The molecule has 0 aromatic heterocycles. The summed E-state index contributed by atoms with van der Waals surface area (Å²) in [5, 5.41) is 0. The van der Waals surface area contributed by atoms with Crippen molar-refractivity contribution in [1.82, 2.24) is 0 Å². The normalized spacial score (nSPS) is 23.3. The van der Waals surface area contributed by atoms with Crippen LogP contribution in [0.3, 0.4) is 0 Å². The maximum absolute atomic E-state index is 3.95. The Balaban J connectivity index is 1.82. The van der Waals surface area contributed by atoms with Crippen LogP contribution >= 0.6 is 0 Å². The highest BCUT2D eigenvalue weighted by Crippen LogP contribution is 2.39. The Morgan fingerprint density at radius 1 is 1.40 bits per heavy atom. The summed E-state index contributed by atoms with van der Waals surface area (Å²) in [6, 6.07) is 0. The van der Waals surface area contributed by atoms with Crippen molar-refractivity contribution in [3.05, 3.63) is 12.2 Å². The molecule has 0 unspecified atom stereocenters. The Hall–Kier alpha value is -0.260. The van der Waals surface area contributed by atoms with E-state index in [0.29, 0.717) is 0 Å². The van der Waals surface area contributed by atoms with E-state index < -0.39 is 0 Å². The van der Waals surface area contributed by atoms with Crippen molar-refractivity contribution in [2.45, 2.75) is 45.4 Å². The van der Waals surface area contributed by atoms with Crippen molar-refractivity contribution in [3.8, 4) is 0 Å². The molecule has 0 aromatic carbocycles. The average Bonchev–Trinajstić information content (AvgIpc) is 2.60. The largest absolute Gasteiger partial charge is 0.0995 e. The molecular weight excluding hydrogens is 120 g/mol. The quantitative estimate of drug-likeness (QED) is 0.402. The molecule has 1 rings (SSSR count). The van der Waals surface area contributed by atoms with Crippen LogP contribution in [-0.2, 0) is 0 Å². The van der Waals surface area contributed by atoms with E-state index in [0.717, 1.165) is 5.92 Å². The van der Waals surface area contributed by atoms with Crippen molar-refractivity contribution in [2.24, 2.45) is 5.92 Å². The average molecular weight is 138 g/mol. The van der Waals surface area contributed by atoms with Crippen LogP contribution < -0.4 is 0 Å². The van der Waals surface area contributed by atoms with Crippen molar-refractivity contribution >= 4 is 0 Å². The van der Waals surface area contributed by atoms with Crippen molar-refractivity contribution < 1.29 is 0 Å². The van der Waals surface area contributed by atoms with Crippen molar-refractivity contribution in [3.63, 3.8) is 0 Å². The Bertz CT molecular complexity index is 113. The van der Waals surface area contributed by atoms with Gasteiger partial charge in [0.1, 0.15) is 0 Å². The van der Waals surface area contributed by atoms with E-state index >= 15 is 0 Å². The van der Waals surface area contributed by atoms with Gasteiger partial charge >= 0.3 is 0 Å². The van der Waals surface area contributed by atoms with Gasteiger partial charge in [-0.3, -0.25) is 0 Å². The first-order chi connectivity index (χ1) is 4.84. The van der Waals surface area contributed by atoms with E-state index in [1.807, 2.05) is 0 Å². The van der Waals surface area contributed by atoms with Crippen LogP contribution in [0, 0.1) is 5.92 Å². The SMILES string of the molecule is C=C1C[C@@H]1CCCCCC. The molecule has 1 aliphatic rings. The Morgan fingerprint density at radius 3 is 2.60 bits per heavy atom. The fourth-order valence-corrected chi connectivity index (χ4v) is 1.38. The van der Waals surface area contributed by atoms with Crippen LogP contribution in [0.15, 0.2) is 12.2 Å². The topological polar surface area (TPSA) is 0 Å². The molecule has 1 saturated carbocycles. The van der Waals surface area contributed by atoms with E-state index in [2.05, 4.69) is 13.5 Å². The number of hydrogen-bond acceptors (Lipinski definition) is 0. The maximum atomic E-state index is 3.95. The zero-order chi connectivity index (χ0) is 7.40. The third-order valence-electron chi connectivity index (χ3n) is 2.33. The van der Waals surface area contributed by atoms with Gasteiger partial charge in [0.05, 0.1) is 0 Å². The second-order valence-electron chi connectivity index (χ2n) is 3.41. The maximum Gasteiger partial charge on any atom is -0.0168 e. The summed E-state index contributed by atoms with van der Waals surface area (Å²) in [5.41, 5.74) is 1.50. The van der Waals surface area contributed by atoms with Crippen molar-refractivity contribution in [1.29, 1.82) is 0 Å². The molecule has 58 valence electrons. The fourth-order valence-electron chi connectivity index (χ4n) is 1.38. The smallest absolute Gasteiger partial charge is 0.0168 e. The molecule has 0 radical (unpaired) electrons. The second-order valence-corrected chi connectivity index (χ2v) is 3.41. The molecule has 0 heterocycles. The molecule has 0 heteroatoms. The Morgan fingerprint density at radius 2 is 2.10 bits per heavy atom. The van der Waals surface area contributed by atoms with Crippen LogP contribution in [0.2, 0.25) is 0 Å². The zero-order valence-electron chi connectivity index (χ0n) is 7.03. The van der Waals surface area contributed by atoms with Gasteiger partial charge in [-0.1, -0.05) is 44.8 Å². The zero-order valence-corrected chi connectivity index (χ0v) is 7.03. The van der Waals surface area contributed by atoms with E-state index in [1.165, 1.54) is 44.1 Å². The first kappa shape index (κ1) is 7.84. The van der Waals surface area contributed by atoms with Gasteiger partial charge < -0.3 is 0 Å². The minimum atomic E-state index is 0.928. The monoisotopic (exact) mass is 138 g/mol. The molecule has 0 N–H and O–H groups in total. The van der Waals surface area contributed by atoms with Gasteiger partial charge in [-0.05, 0) is 18.8 Å². The predicted molar refractivity (Wildman–Crippen MR) is 46.0 cm³/mol. The minimum absolute atomic E-state index is 0.928. The van der Waals surface area contributed by atoms with E-state index in [9.17, 15) is 0 Å². The summed E-state index contributed by atoms with van der Waals surface area (Å²) in [4.78, 5) is 0. The third kappa shape index (κ3) is 2.55. The van der Waals surface area contributed by atoms with Gasteiger partial charge in [0.25, 0.3) is 0 Å². The third-order valence-corrected chi connectivity index (χ3v) is 2.33. The molecule has 1 aliphatic carbocycles. The number of hydrogen-bond donors (Lipinski definition) is 0. The molecular formula is C10H18. The lowest BCUT2D eigenvalue weighted by molar-refractivity contribution is 0.606. The minimum Gasteiger partial charge on any atom is -0.0995 e. The Labute approximate surface area is 64.3 Å². The van der Waals surface area contributed by atoms with E-state index in [-0.39, 0.29) is 0 Å². The predicted octanol–water partition coefficient (Wildman–Crippen LogP) is 3.53. The summed E-state index contributed by atoms with van der Waals surface area (Å²) in [7, 11) is 0. The summed E-state index contributed by atoms with van der Waals surface area (Å²) in [6.07, 6.45) is 8.37. The molecule has 0 amide bonds. The molecule has 1 fully saturated rings. The molecule has 0 saturated heterocycles. The molecule has 0 aromatic rings. The first-order valence-corrected chi connectivity index (χ1v) is 4.52. The van der Waals surface area contributed by atoms with Crippen LogP contribution in [0.5, 0.6) is 0 Å². The fraction of sp³-hybridized carbons (Fsp3) is 0.800. The molecule has 1 atom stereocenters. The molecule has 0 nitrogen and oxygen atoms in total. The molecule has 0 aliphatic heterocycles. The van der Waals surface area contributed by atoms with Gasteiger partial charge in [0.15, 0.2) is 0 Å². The van der Waals surface area contributed by atoms with Gasteiger partial charge in [-0.15, -0.1) is 0 Å². The second kappa shape index (κ2) is 3.80. The highest BCUT2D eigenvalue weighted by Gasteiger charge is 2.25. The van der Waals surface area contributed by atoms with Crippen LogP contribution in [0.4, 0.5) is 0 Å². The summed E-state index contributed by atoms with van der Waals surface area (Å²) in [5.74, 6) is 0.928. The number of unbranched alkanes of at least 4 members (excludes halogenated alkanes) is 3. The number of allylic oxidation sites excluding steroid dienone is 1. The summed E-state index contributed by atoms with van der Waals surface area (Å²) < 4.78 is 0. The van der Waals surface area contributed by atoms with Crippen molar-refractivity contribution in [2.75, 3.05) is 0 Å². The van der Waals surface area contributed by atoms with E-state index in [1.54, 1.807) is 0 Å². The van der Waals surface area contributed by atoms with Crippen LogP contribution in [0.1, 0.15) is 45.4 Å². The van der Waals surface area contributed by atoms with E-state index in [4.69, 9.17) is 0 Å². The summed E-state index contributed by atoms with van der Waals surface area (Å²) in [6.45, 7) is 6.21. The Kier molecular flexibility index (Phi) is 2.98. The van der Waals surface area contributed by atoms with Crippen LogP contribution in [-0.4, -0.2) is 0 Å². The molecule has 0 bridgehead atoms. The lowest BCUT2D eigenvalue weighted by Crippen LogP contribution is -1.78. The highest BCUT2D eigenvalue weighted by atomic mass is 14.3. The lowest BCUT2D eigenvalue weighted by atomic mass is 10.1. The number of rotatable bonds is 5. The lowest BCUT2D eigenvalue weighted by Gasteiger charge is -1.95. The molecule has 10 heavy (non-hydrogen) atoms. The summed E-state index contributed by atoms with van der Waals surface area (Å²) >= 11 is 0.